The van der Waals surface area contributed by atoms with E-state index in [1.807, 2.05) is 6.92 Å². The normalized spacial score (nSPS) is 10.7. The van der Waals surface area contributed by atoms with Crippen molar-refractivity contribution in [3.63, 3.8) is 0 Å². The van der Waals surface area contributed by atoms with Crippen LogP contribution in [0.15, 0.2) is 18.2 Å². The van der Waals surface area contributed by atoms with Gasteiger partial charge in [0.15, 0.2) is 0 Å². The van der Waals surface area contributed by atoms with Gasteiger partial charge in [0.25, 0.3) is 0 Å². The van der Waals surface area contributed by atoms with Gasteiger partial charge in [0.1, 0.15) is 12.4 Å². The van der Waals surface area contributed by atoms with Gasteiger partial charge >= 0.3 is 5.97 Å². The highest BCUT2D eigenvalue weighted by atomic mass is 16.4. The Bertz CT molecular complexity index is 631. The van der Waals surface area contributed by atoms with E-state index in [0.29, 0.717) is 23.3 Å². The Morgan fingerprint density at radius 1 is 1.44 bits per heavy atom. The fourth-order valence-corrected chi connectivity index (χ4v) is 2.00. The lowest BCUT2D eigenvalue weighted by molar-refractivity contribution is -0.118. The number of carbonyl (C=O) groups excluding carboxylic acids is 1. The molecule has 6 nitrogen and oxygen atoms in total. The number of nitrogens with zero attached hydrogens (tertiary/aromatic N) is 2. The van der Waals surface area contributed by atoms with Crippen LogP contribution in [0.3, 0.4) is 0 Å². The summed E-state index contributed by atoms with van der Waals surface area (Å²) in [4.78, 5) is 26.6. The Morgan fingerprint density at radius 2 is 2.17 bits per heavy atom. The summed E-state index contributed by atoms with van der Waals surface area (Å²) in [5, 5.41) is 9.17. The molecule has 0 unspecified atom stereocenters. The average molecular weight is 247 g/mol. The van der Waals surface area contributed by atoms with Crippen LogP contribution in [0.2, 0.25) is 0 Å². The van der Waals surface area contributed by atoms with Crippen LogP contribution in [0, 0.1) is 0 Å². The van der Waals surface area contributed by atoms with Crippen molar-refractivity contribution in [3.8, 4) is 0 Å². The maximum atomic E-state index is 11.2. The predicted octanol–water partition coefficient (Wildman–Crippen LogP) is 0.782. The Labute approximate surface area is 103 Å². The lowest BCUT2D eigenvalue weighted by Gasteiger charge is -2.06. The van der Waals surface area contributed by atoms with Crippen LogP contribution in [-0.4, -0.2) is 26.5 Å². The minimum absolute atomic E-state index is 0.0655. The molecule has 2 rings (SSSR count). The van der Waals surface area contributed by atoms with Gasteiger partial charge in [-0.3, -0.25) is 4.79 Å². The number of nitrogens with two attached hydrogens (primary N) is 1. The van der Waals surface area contributed by atoms with E-state index in [-0.39, 0.29) is 12.1 Å². The molecular formula is C12H13N3O3. The van der Waals surface area contributed by atoms with Crippen molar-refractivity contribution in [1.82, 2.24) is 9.55 Å². The van der Waals surface area contributed by atoms with Crippen molar-refractivity contribution < 1.29 is 14.7 Å². The Morgan fingerprint density at radius 3 is 2.72 bits per heavy atom. The third kappa shape index (κ3) is 1.92. The van der Waals surface area contributed by atoms with Gasteiger partial charge in [-0.25, -0.2) is 9.78 Å². The van der Waals surface area contributed by atoms with Crippen LogP contribution >= 0.6 is 0 Å². The van der Waals surface area contributed by atoms with E-state index in [1.54, 1.807) is 16.7 Å². The standard InChI is InChI=1S/C12H13N3O3/c1-2-10-14-8-5-3-4-7(12(17)18)11(8)15(10)6-9(13)16/h3-5H,2,6H2,1H3,(H2,13,16)(H,17,18). The molecule has 18 heavy (non-hydrogen) atoms. The molecule has 3 N–H and O–H groups in total. The summed E-state index contributed by atoms with van der Waals surface area (Å²) >= 11 is 0. The number of rotatable bonds is 4. The molecule has 0 bridgehead atoms. The molecule has 0 aliphatic carbocycles. The fourth-order valence-electron chi connectivity index (χ4n) is 2.00. The van der Waals surface area contributed by atoms with E-state index in [4.69, 9.17) is 10.8 Å². The second-order valence-corrected chi connectivity index (χ2v) is 3.91. The molecule has 0 saturated heterocycles. The number of carboxylic acids is 1. The van der Waals surface area contributed by atoms with Gasteiger partial charge in [-0.15, -0.1) is 0 Å². The lowest BCUT2D eigenvalue weighted by Crippen LogP contribution is -2.20. The number of primary amides is 1. The molecular weight excluding hydrogens is 234 g/mol. The van der Waals surface area contributed by atoms with Gasteiger partial charge in [-0.05, 0) is 12.1 Å². The van der Waals surface area contributed by atoms with Crippen molar-refractivity contribution in [1.29, 1.82) is 0 Å². The second-order valence-electron chi connectivity index (χ2n) is 3.91. The maximum absolute atomic E-state index is 11.2. The number of benzene rings is 1. The minimum atomic E-state index is -1.05. The molecule has 0 saturated carbocycles. The molecule has 94 valence electrons. The molecule has 6 heteroatoms. The third-order valence-corrected chi connectivity index (χ3v) is 2.71. The molecule has 0 radical (unpaired) electrons. The number of amides is 1. The number of aromatic nitrogens is 2. The first-order valence-corrected chi connectivity index (χ1v) is 5.54. The second kappa shape index (κ2) is 4.48. The zero-order valence-corrected chi connectivity index (χ0v) is 9.88. The highest BCUT2D eigenvalue weighted by molar-refractivity contribution is 6.01. The van der Waals surface area contributed by atoms with E-state index in [2.05, 4.69) is 4.98 Å². The van der Waals surface area contributed by atoms with E-state index >= 15 is 0 Å². The third-order valence-electron chi connectivity index (χ3n) is 2.71. The number of para-hydroxylation sites is 1. The van der Waals surface area contributed by atoms with Crippen molar-refractivity contribution in [2.45, 2.75) is 19.9 Å². The molecule has 1 heterocycles. The van der Waals surface area contributed by atoms with Gasteiger partial charge in [0, 0.05) is 6.42 Å². The summed E-state index contributed by atoms with van der Waals surface area (Å²) < 4.78 is 1.57. The summed E-state index contributed by atoms with van der Waals surface area (Å²) in [5.41, 5.74) is 6.32. The predicted molar refractivity (Wildman–Crippen MR) is 65.3 cm³/mol. The number of hydrogen-bond acceptors (Lipinski definition) is 3. The van der Waals surface area contributed by atoms with Crippen LogP contribution < -0.4 is 5.73 Å². The number of hydrogen-bond donors (Lipinski definition) is 2. The molecule has 1 amide bonds. The highest BCUT2D eigenvalue weighted by Crippen LogP contribution is 2.21. The van der Waals surface area contributed by atoms with Crippen LogP contribution in [0.4, 0.5) is 0 Å². The summed E-state index contributed by atoms with van der Waals surface area (Å²) in [5.74, 6) is -0.921. The Hall–Kier alpha value is -2.37. The summed E-state index contributed by atoms with van der Waals surface area (Å²) in [6, 6.07) is 4.84. The van der Waals surface area contributed by atoms with E-state index in [9.17, 15) is 9.59 Å². The summed E-state index contributed by atoms with van der Waals surface area (Å²) in [7, 11) is 0. The molecule has 2 aromatic rings. The lowest BCUT2D eigenvalue weighted by atomic mass is 10.2. The minimum Gasteiger partial charge on any atom is -0.478 e. The van der Waals surface area contributed by atoms with Crippen molar-refractivity contribution in [3.05, 3.63) is 29.6 Å². The van der Waals surface area contributed by atoms with Crippen LogP contribution in [0.1, 0.15) is 23.1 Å². The van der Waals surface area contributed by atoms with Crippen molar-refractivity contribution >= 4 is 22.9 Å². The van der Waals surface area contributed by atoms with E-state index in [0.717, 1.165) is 0 Å². The van der Waals surface area contributed by atoms with Crippen molar-refractivity contribution in [2.75, 3.05) is 0 Å². The molecule has 1 aromatic heterocycles. The first-order chi connectivity index (χ1) is 8.54. The van der Waals surface area contributed by atoms with Crippen LogP contribution in [-0.2, 0) is 17.8 Å². The topological polar surface area (TPSA) is 98.2 Å². The number of imidazole rings is 1. The molecule has 0 atom stereocenters. The monoisotopic (exact) mass is 247 g/mol. The molecule has 0 spiro atoms. The largest absolute Gasteiger partial charge is 0.478 e. The van der Waals surface area contributed by atoms with E-state index in [1.165, 1.54) is 6.07 Å². The quantitative estimate of drug-likeness (QED) is 0.834. The van der Waals surface area contributed by atoms with Gasteiger partial charge in [-0.2, -0.15) is 0 Å². The number of carboxylic acid groups (broad SMARTS) is 1. The first kappa shape index (κ1) is 12.1. The van der Waals surface area contributed by atoms with Gasteiger partial charge in [0.2, 0.25) is 5.91 Å². The molecule has 0 fully saturated rings. The molecule has 0 aliphatic rings. The maximum Gasteiger partial charge on any atom is 0.337 e. The van der Waals surface area contributed by atoms with E-state index < -0.39 is 11.9 Å². The zero-order chi connectivity index (χ0) is 13.3. The molecule has 1 aromatic carbocycles. The van der Waals surface area contributed by atoms with Crippen molar-refractivity contribution in [2.24, 2.45) is 5.73 Å². The Kier molecular flexibility index (Phi) is 3.01. The SMILES string of the molecule is CCc1nc2cccc(C(=O)O)c2n1CC(N)=O. The summed E-state index contributed by atoms with van der Waals surface area (Å²) in [6.07, 6.45) is 0.598. The van der Waals surface area contributed by atoms with Crippen LogP contribution in [0.25, 0.3) is 11.0 Å². The molecule has 0 aliphatic heterocycles. The fraction of sp³-hybridized carbons (Fsp3) is 0.250. The number of carbonyl (C=O) groups is 2. The van der Waals surface area contributed by atoms with Crippen LogP contribution in [0.5, 0.6) is 0 Å². The zero-order valence-electron chi connectivity index (χ0n) is 9.88. The average Bonchev–Trinajstić information content (AvgIpc) is 2.66. The highest BCUT2D eigenvalue weighted by Gasteiger charge is 2.17. The number of fused-ring (bicyclic) bond motifs is 1. The Balaban J connectivity index is 2.77. The van der Waals surface area contributed by atoms with Gasteiger partial charge < -0.3 is 15.4 Å². The number of aryl methyl sites for hydroxylation is 1. The first-order valence-electron chi connectivity index (χ1n) is 5.54. The van der Waals surface area contributed by atoms with Gasteiger partial charge in [0.05, 0.1) is 16.6 Å². The van der Waals surface area contributed by atoms with Gasteiger partial charge in [-0.1, -0.05) is 13.0 Å². The summed E-state index contributed by atoms with van der Waals surface area (Å²) in [6.45, 7) is 1.82. The number of aromatic carboxylic acids is 1. The smallest absolute Gasteiger partial charge is 0.337 e.